The van der Waals surface area contributed by atoms with Crippen molar-refractivity contribution in [2.75, 3.05) is 17.7 Å². The largest absolute Gasteiger partial charge is 0.497 e. The third kappa shape index (κ3) is 4.63. The highest BCUT2D eigenvalue weighted by atomic mass is 32.2. The van der Waals surface area contributed by atoms with Gasteiger partial charge in [-0.15, -0.1) is 10.2 Å². The molecule has 2 aromatic carbocycles. The van der Waals surface area contributed by atoms with Gasteiger partial charge >= 0.3 is 5.69 Å². The molecule has 0 spiro atoms. The number of benzene rings is 2. The summed E-state index contributed by atoms with van der Waals surface area (Å²) in [7, 11) is 1.61. The number of H-pyrrole nitrogens is 2. The highest BCUT2D eigenvalue weighted by Crippen LogP contribution is 2.31. The summed E-state index contributed by atoms with van der Waals surface area (Å²) in [5.74, 6) is 0.570. The van der Waals surface area contributed by atoms with Gasteiger partial charge < -0.3 is 25.3 Å². The number of amides is 1. The van der Waals surface area contributed by atoms with E-state index in [1.165, 1.54) is 23.1 Å². The first-order chi connectivity index (χ1) is 14.5. The Labute approximate surface area is 179 Å². The van der Waals surface area contributed by atoms with Gasteiger partial charge in [-0.25, -0.2) is 4.79 Å². The van der Waals surface area contributed by atoms with Crippen molar-refractivity contribution in [1.29, 1.82) is 0 Å². The number of aromatic nitrogens is 4. The van der Waals surface area contributed by atoms with E-state index >= 15 is 0 Å². The number of nitrogens with one attached hydrogen (secondary N) is 4. The molecule has 0 aliphatic rings. The molecule has 0 aliphatic heterocycles. The maximum atomic E-state index is 12.5. The number of ether oxygens (including phenoxy) is 1. The number of carbonyl (C=O) groups is 1. The second-order valence-corrected chi connectivity index (χ2v) is 8.88. The molecule has 2 heterocycles. The SMILES string of the molecule is COc1cccc(Nc2nnc(SC(C)C(=O)Nc3ccc4[nH]c(=O)[nH]c4c3)s2)c1. The average Bonchev–Trinajstić information content (AvgIpc) is 3.32. The molecule has 0 saturated heterocycles. The third-order valence-electron chi connectivity index (χ3n) is 4.16. The van der Waals surface area contributed by atoms with Crippen molar-refractivity contribution in [3.05, 3.63) is 52.9 Å². The Kier molecular flexibility index (Phi) is 5.72. The van der Waals surface area contributed by atoms with Crippen LogP contribution in [0.2, 0.25) is 0 Å². The summed E-state index contributed by atoms with van der Waals surface area (Å²) in [5.41, 5.74) is 2.48. The Morgan fingerprint density at radius 1 is 1.13 bits per heavy atom. The minimum Gasteiger partial charge on any atom is -0.497 e. The van der Waals surface area contributed by atoms with E-state index in [0.29, 0.717) is 26.2 Å². The van der Waals surface area contributed by atoms with Gasteiger partial charge in [-0.3, -0.25) is 4.79 Å². The van der Waals surface area contributed by atoms with Crippen LogP contribution >= 0.6 is 23.1 Å². The summed E-state index contributed by atoms with van der Waals surface area (Å²) in [6, 6.07) is 12.7. The first-order valence-corrected chi connectivity index (χ1v) is 10.6. The first-order valence-electron chi connectivity index (χ1n) is 8.94. The van der Waals surface area contributed by atoms with Crippen molar-refractivity contribution < 1.29 is 9.53 Å². The summed E-state index contributed by atoms with van der Waals surface area (Å²) in [5, 5.41) is 14.5. The van der Waals surface area contributed by atoms with Gasteiger partial charge in [0.2, 0.25) is 11.0 Å². The van der Waals surface area contributed by atoms with Crippen LogP contribution in [0.3, 0.4) is 0 Å². The van der Waals surface area contributed by atoms with E-state index in [1.807, 2.05) is 24.3 Å². The van der Waals surface area contributed by atoms with E-state index in [2.05, 4.69) is 30.8 Å². The molecule has 4 rings (SSSR count). The number of methoxy groups -OCH3 is 1. The van der Waals surface area contributed by atoms with Crippen molar-refractivity contribution in [1.82, 2.24) is 20.2 Å². The lowest BCUT2D eigenvalue weighted by Crippen LogP contribution is -2.22. The van der Waals surface area contributed by atoms with Crippen LogP contribution in [0.5, 0.6) is 5.75 Å². The standard InChI is InChI=1S/C19H18N6O3S2/c1-10(16(26)20-12-6-7-14-15(9-12)23-17(27)22-14)29-19-25-24-18(30-19)21-11-4-3-5-13(8-11)28-2/h3-10H,1-2H3,(H,20,26)(H,21,24)(H2,22,23,27). The summed E-state index contributed by atoms with van der Waals surface area (Å²) in [6.07, 6.45) is 0. The molecule has 9 nitrogen and oxygen atoms in total. The molecule has 0 fully saturated rings. The molecule has 4 N–H and O–H groups in total. The van der Waals surface area contributed by atoms with Gasteiger partial charge in [-0.2, -0.15) is 0 Å². The first kappa shape index (κ1) is 20.0. The lowest BCUT2D eigenvalue weighted by Gasteiger charge is -2.10. The summed E-state index contributed by atoms with van der Waals surface area (Å²) < 4.78 is 5.88. The normalized spacial score (nSPS) is 11.9. The number of carbonyl (C=O) groups excluding carboxylic acids is 1. The number of nitrogens with zero attached hydrogens (tertiary/aromatic N) is 2. The Balaban J connectivity index is 1.37. The quantitative estimate of drug-likeness (QED) is 0.322. The molecule has 1 atom stereocenters. The number of anilines is 3. The molecule has 4 aromatic rings. The molecule has 30 heavy (non-hydrogen) atoms. The second-order valence-electron chi connectivity index (χ2n) is 6.32. The fraction of sp³-hybridized carbons (Fsp3) is 0.158. The molecular weight excluding hydrogens is 424 g/mol. The van der Waals surface area contributed by atoms with Crippen molar-refractivity contribution >= 4 is 56.5 Å². The van der Waals surface area contributed by atoms with E-state index in [-0.39, 0.29) is 16.8 Å². The van der Waals surface area contributed by atoms with Crippen LogP contribution in [-0.4, -0.2) is 38.4 Å². The smallest absolute Gasteiger partial charge is 0.323 e. The lowest BCUT2D eigenvalue weighted by molar-refractivity contribution is -0.115. The maximum Gasteiger partial charge on any atom is 0.323 e. The summed E-state index contributed by atoms with van der Waals surface area (Å²) in [4.78, 5) is 29.2. The van der Waals surface area contributed by atoms with Crippen molar-refractivity contribution in [3.63, 3.8) is 0 Å². The Morgan fingerprint density at radius 3 is 2.80 bits per heavy atom. The van der Waals surface area contributed by atoms with Crippen molar-refractivity contribution in [2.45, 2.75) is 16.5 Å². The predicted octanol–water partition coefficient (Wildman–Crippen LogP) is 3.58. The number of fused-ring (bicyclic) bond motifs is 1. The molecule has 154 valence electrons. The number of hydrogen-bond donors (Lipinski definition) is 4. The number of aromatic amines is 2. The lowest BCUT2D eigenvalue weighted by atomic mass is 10.2. The number of rotatable bonds is 7. The third-order valence-corrected chi connectivity index (χ3v) is 6.18. The molecule has 0 aliphatic carbocycles. The van der Waals surface area contributed by atoms with E-state index < -0.39 is 0 Å². The van der Waals surface area contributed by atoms with E-state index in [0.717, 1.165) is 11.4 Å². The van der Waals surface area contributed by atoms with Gasteiger partial charge in [0.1, 0.15) is 5.75 Å². The van der Waals surface area contributed by atoms with Crippen LogP contribution < -0.4 is 21.1 Å². The van der Waals surface area contributed by atoms with Crippen LogP contribution in [0.25, 0.3) is 11.0 Å². The van der Waals surface area contributed by atoms with Crippen molar-refractivity contribution in [2.24, 2.45) is 0 Å². The fourth-order valence-corrected chi connectivity index (χ4v) is 4.61. The topological polar surface area (TPSA) is 125 Å². The molecule has 0 radical (unpaired) electrons. The average molecular weight is 443 g/mol. The Hall–Kier alpha value is -3.31. The number of thioether (sulfide) groups is 1. The summed E-state index contributed by atoms with van der Waals surface area (Å²) in [6.45, 7) is 1.80. The van der Waals surface area contributed by atoms with Gasteiger partial charge in [-0.1, -0.05) is 29.2 Å². The van der Waals surface area contributed by atoms with Gasteiger partial charge in [0, 0.05) is 17.4 Å². The zero-order valence-electron chi connectivity index (χ0n) is 16.1. The van der Waals surface area contributed by atoms with Crippen LogP contribution in [0.15, 0.2) is 51.6 Å². The minimum absolute atomic E-state index is 0.172. The zero-order chi connectivity index (χ0) is 21.1. The Bertz CT molecular complexity index is 1250. The van der Waals surface area contributed by atoms with Gasteiger partial charge in [-0.05, 0) is 37.3 Å². The zero-order valence-corrected chi connectivity index (χ0v) is 17.7. The number of hydrogen-bond acceptors (Lipinski definition) is 8. The highest BCUT2D eigenvalue weighted by molar-refractivity contribution is 8.02. The van der Waals surface area contributed by atoms with E-state index in [4.69, 9.17) is 4.74 Å². The van der Waals surface area contributed by atoms with Crippen LogP contribution in [-0.2, 0) is 4.79 Å². The Morgan fingerprint density at radius 2 is 1.97 bits per heavy atom. The molecule has 0 bridgehead atoms. The number of imidazole rings is 1. The highest BCUT2D eigenvalue weighted by Gasteiger charge is 2.18. The molecule has 1 amide bonds. The van der Waals surface area contributed by atoms with Gasteiger partial charge in [0.15, 0.2) is 4.34 Å². The van der Waals surface area contributed by atoms with E-state index in [1.54, 1.807) is 32.2 Å². The van der Waals surface area contributed by atoms with Crippen LogP contribution in [0, 0.1) is 0 Å². The molecular formula is C19H18N6O3S2. The summed E-state index contributed by atoms with van der Waals surface area (Å²) >= 11 is 2.68. The molecule has 0 saturated carbocycles. The predicted molar refractivity (Wildman–Crippen MR) is 119 cm³/mol. The van der Waals surface area contributed by atoms with Crippen molar-refractivity contribution in [3.8, 4) is 5.75 Å². The molecule has 2 aromatic heterocycles. The minimum atomic E-state index is -0.386. The molecule has 11 heteroatoms. The van der Waals surface area contributed by atoms with Crippen LogP contribution in [0.4, 0.5) is 16.5 Å². The van der Waals surface area contributed by atoms with Crippen LogP contribution in [0.1, 0.15) is 6.92 Å². The fourth-order valence-electron chi connectivity index (χ4n) is 2.69. The van der Waals surface area contributed by atoms with Gasteiger partial charge in [0.05, 0.1) is 23.4 Å². The second kappa shape index (κ2) is 8.59. The monoisotopic (exact) mass is 442 g/mol. The maximum absolute atomic E-state index is 12.5. The van der Waals surface area contributed by atoms with E-state index in [9.17, 15) is 9.59 Å². The van der Waals surface area contributed by atoms with Gasteiger partial charge in [0.25, 0.3) is 0 Å². The molecule has 1 unspecified atom stereocenters.